The number of nitrogens with one attached hydrogen (secondary N) is 1. The summed E-state index contributed by atoms with van der Waals surface area (Å²) in [6.07, 6.45) is 2.47. The van der Waals surface area contributed by atoms with Crippen LogP contribution in [0.25, 0.3) is 0 Å². The Bertz CT molecular complexity index is 586. The van der Waals surface area contributed by atoms with E-state index in [4.69, 9.17) is 9.73 Å². The normalized spacial score (nSPS) is 24.3. The Morgan fingerprint density at radius 3 is 2.62 bits per heavy atom. The summed E-state index contributed by atoms with van der Waals surface area (Å²) in [5.41, 5.74) is 1.40. The number of likely N-dealkylation sites (tertiary alicyclic amines) is 2. The van der Waals surface area contributed by atoms with Gasteiger partial charge < -0.3 is 19.9 Å². The molecule has 2 saturated heterocycles. The van der Waals surface area contributed by atoms with Gasteiger partial charge in [0.15, 0.2) is 5.96 Å². The maximum atomic E-state index is 5.28. The Balaban J connectivity index is 1.58. The largest absolute Gasteiger partial charge is 0.497 e. The number of methoxy groups -OCH3 is 1. The standard InChI is InChI=1S/C21H34N4O/c1-4-22-21(23-14-17-10-12-24(5-2)15-17)25-13-11-19(16-25)18-6-8-20(26-3)9-7-18/h6-9,17,19H,4-5,10-16H2,1-3H3,(H,22,23). The summed E-state index contributed by atoms with van der Waals surface area (Å²) in [6.45, 7) is 12.0. The average Bonchev–Trinajstić information content (AvgIpc) is 3.35. The van der Waals surface area contributed by atoms with E-state index in [1.54, 1.807) is 7.11 Å². The lowest BCUT2D eigenvalue weighted by Crippen LogP contribution is -2.40. The number of guanidine groups is 1. The molecule has 0 radical (unpaired) electrons. The topological polar surface area (TPSA) is 40.1 Å². The molecule has 5 heteroatoms. The number of hydrogen-bond acceptors (Lipinski definition) is 3. The molecule has 2 aliphatic rings. The zero-order valence-corrected chi connectivity index (χ0v) is 16.6. The van der Waals surface area contributed by atoms with Gasteiger partial charge in [0.05, 0.1) is 7.11 Å². The molecule has 2 heterocycles. The molecule has 1 aromatic rings. The monoisotopic (exact) mass is 358 g/mol. The molecule has 0 aromatic heterocycles. The maximum Gasteiger partial charge on any atom is 0.193 e. The molecule has 1 N–H and O–H groups in total. The lowest BCUT2D eigenvalue weighted by molar-refractivity contribution is 0.343. The number of rotatable bonds is 6. The molecule has 2 aliphatic heterocycles. The molecule has 0 aliphatic carbocycles. The van der Waals surface area contributed by atoms with Crippen LogP contribution in [0.2, 0.25) is 0 Å². The third-order valence-electron chi connectivity index (χ3n) is 5.73. The van der Waals surface area contributed by atoms with Gasteiger partial charge in [-0.15, -0.1) is 0 Å². The quantitative estimate of drug-likeness (QED) is 0.627. The summed E-state index contributed by atoms with van der Waals surface area (Å²) in [7, 11) is 1.72. The van der Waals surface area contributed by atoms with Gasteiger partial charge in [0, 0.05) is 38.6 Å². The smallest absolute Gasteiger partial charge is 0.193 e. The first kappa shape index (κ1) is 19.0. The Labute approximate surface area is 158 Å². The third-order valence-corrected chi connectivity index (χ3v) is 5.73. The van der Waals surface area contributed by atoms with Crippen molar-refractivity contribution in [3.05, 3.63) is 29.8 Å². The number of ether oxygens (including phenoxy) is 1. The average molecular weight is 359 g/mol. The molecule has 0 amide bonds. The predicted octanol–water partition coefficient (Wildman–Crippen LogP) is 2.79. The minimum Gasteiger partial charge on any atom is -0.497 e. The van der Waals surface area contributed by atoms with Crippen LogP contribution in [-0.4, -0.2) is 68.7 Å². The maximum absolute atomic E-state index is 5.28. The molecule has 2 unspecified atom stereocenters. The van der Waals surface area contributed by atoms with E-state index in [0.717, 1.165) is 44.4 Å². The highest BCUT2D eigenvalue weighted by Gasteiger charge is 2.27. The molecule has 2 atom stereocenters. The van der Waals surface area contributed by atoms with Crippen molar-refractivity contribution in [3.8, 4) is 5.75 Å². The van der Waals surface area contributed by atoms with Gasteiger partial charge in [0.2, 0.25) is 0 Å². The van der Waals surface area contributed by atoms with Crippen molar-refractivity contribution in [1.82, 2.24) is 15.1 Å². The Morgan fingerprint density at radius 2 is 1.96 bits per heavy atom. The van der Waals surface area contributed by atoms with Crippen LogP contribution in [0.15, 0.2) is 29.3 Å². The van der Waals surface area contributed by atoms with E-state index in [2.05, 4.69) is 53.2 Å². The second-order valence-electron chi connectivity index (χ2n) is 7.45. The lowest BCUT2D eigenvalue weighted by Gasteiger charge is -2.22. The van der Waals surface area contributed by atoms with Gasteiger partial charge in [-0.3, -0.25) is 4.99 Å². The van der Waals surface area contributed by atoms with Crippen molar-refractivity contribution in [2.75, 3.05) is 52.9 Å². The fourth-order valence-electron chi connectivity index (χ4n) is 4.09. The van der Waals surface area contributed by atoms with Crippen molar-refractivity contribution in [1.29, 1.82) is 0 Å². The summed E-state index contributed by atoms with van der Waals surface area (Å²) in [4.78, 5) is 9.95. The van der Waals surface area contributed by atoms with Gasteiger partial charge in [0.25, 0.3) is 0 Å². The minimum absolute atomic E-state index is 0.576. The predicted molar refractivity (Wildman–Crippen MR) is 108 cm³/mol. The molecule has 2 fully saturated rings. The van der Waals surface area contributed by atoms with E-state index in [-0.39, 0.29) is 0 Å². The molecule has 3 rings (SSSR count). The molecule has 0 saturated carbocycles. The summed E-state index contributed by atoms with van der Waals surface area (Å²) < 4.78 is 5.28. The van der Waals surface area contributed by atoms with Gasteiger partial charge in [-0.05, 0) is 56.5 Å². The third kappa shape index (κ3) is 4.70. The summed E-state index contributed by atoms with van der Waals surface area (Å²) >= 11 is 0. The fraction of sp³-hybridized carbons (Fsp3) is 0.667. The van der Waals surface area contributed by atoms with E-state index >= 15 is 0 Å². The molecule has 144 valence electrons. The van der Waals surface area contributed by atoms with Crippen molar-refractivity contribution in [2.24, 2.45) is 10.9 Å². The molecule has 5 nitrogen and oxygen atoms in total. The molecule has 0 bridgehead atoms. The Hall–Kier alpha value is -1.75. The number of aliphatic imine (C=N–C) groups is 1. The first-order valence-electron chi connectivity index (χ1n) is 10.1. The summed E-state index contributed by atoms with van der Waals surface area (Å²) in [6, 6.07) is 8.54. The van der Waals surface area contributed by atoms with Gasteiger partial charge in [-0.25, -0.2) is 0 Å². The highest BCUT2D eigenvalue weighted by atomic mass is 16.5. The lowest BCUT2D eigenvalue weighted by atomic mass is 9.98. The van der Waals surface area contributed by atoms with Crippen molar-refractivity contribution < 1.29 is 4.74 Å². The SMILES string of the molecule is CCNC(=NCC1CCN(CC)C1)N1CCC(c2ccc(OC)cc2)C1. The van der Waals surface area contributed by atoms with Gasteiger partial charge >= 0.3 is 0 Å². The van der Waals surface area contributed by atoms with E-state index in [9.17, 15) is 0 Å². The zero-order chi connectivity index (χ0) is 18.4. The number of hydrogen-bond donors (Lipinski definition) is 1. The first-order chi connectivity index (χ1) is 12.7. The van der Waals surface area contributed by atoms with Gasteiger partial charge in [0.1, 0.15) is 5.75 Å². The molecule has 1 aromatic carbocycles. The highest BCUT2D eigenvalue weighted by molar-refractivity contribution is 5.80. The van der Waals surface area contributed by atoms with Crippen molar-refractivity contribution in [3.63, 3.8) is 0 Å². The van der Waals surface area contributed by atoms with E-state index in [0.29, 0.717) is 11.8 Å². The van der Waals surface area contributed by atoms with E-state index in [1.807, 2.05) is 0 Å². The van der Waals surface area contributed by atoms with Gasteiger partial charge in [-0.2, -0.15) is 0 Å². The summed E-state index contributed by atoms with van der Waals surface area (Å²) in [5.74, 6) is 3.31. The second-order valence-corrected chi connectivity index (χ2v) is 7.45. The second kappa shape index (κ2) is 9.26. The summed E-state index contributed by atoms with van der Waals surface area (Å²) in [5, 5.41) is 3.51. The van der Waals surface area contributed by atoms with Crippen LogP contribution in [0.5, 0.6) is 5.75 Å². The van der Waals surface area contributed by atoms with E-state index in [1.165, 1.54) is 31.5 Å². The first-order valence-corrected chi connectivity index (χ1v) is 10.1. The molecular formula is C21H34N4O. The fourth-order valence-corrected chi connectivity index (χ4v) is 4.09. The van der Waals surface area contributed by atoms with Crippen LogP contribution in [0.1, 0.15) is 38.2 Å². The highest BCUT2D eigenvalue weighted by Crippen LogP contribution is 2.28. The Kier molecular flexibility index (Phi) is 6.78. The Morgan fingerprint density at radius 1 is 1.15 bits per heavy atom. The van der Waals surface area contributed by atoms with Crippen LogP contribution in [0.3, 0.4) is 0 Å². The van der Waals surface area contributed by atoms with Crippen LogP contribution in [0, 0.1) is 5.92 Å². The van der Waals surface area contributed by atoms with Crippen LogP contribution in [-0.2, 0) is 0 Å². The molecule has 26 heavy (non-hydrogen) atoms. The van der Waals surface area contributed by atoms with Crippen LogP contribution >= 0.6 is 0 Å². The zero-order valence-electron chi connectivity index (χ0n) is 16.6. The number of benzene rings is 1. The van der Waals surface area contributed by atoms with E-state index < -0.39 is 0 Å². The number of nitrogens with zero attached hydrogens (tertiary/aromatic N) is 3. The van der Waals surface area contributed by atoms with Gasteiger partial charge in [-0.1, -0.05) is 19.1 Å². The molecular weight excluding hydrogens is 324 g/mol. The molecule has 0 spiro atoms. The van der Waals surface area contributed by atoms with Crippen molar-refractivity contribution >= 4 is 5.96 Å². The van der Waals surface area contributed by atoms with Crippen molar-refractivity contribution in [2.45, 2.75) is 32.6 Å². The van der Waals surface area contributed by atoms with Crippen LogP contribution < -0.4 is 10.1 Å². The van der Waals surface area contributed by atoms with Crippen LogP contribution in [0.4, 0.5) is 0 Å². The minimum atomic E-state index is 0.576.